The lowest BCUT2D eigenvalue weighted by Crippen LogP contribution is -1.93. The average molecular weight is 183 g/mol. The Morgan fingerprint density at radius 1 is 1.25 bits per heavy atom. The Kier molecular flexibility index (Phi) is 3.30. The molecular formula is C10H11ClO. The first-order valence-corrected chi connectivity index (χ1v) is 4.36. The molecule has 1 rings (SSSR count). The van der Waals surface area contributed by atoms with E-state index in [9.17, 15) is 4.79 Å². The normalized spacial score (nSPS) is 9.83. The second-order valence-corrected chi connectivity index (χ2v) is 3.12. The number of hydrogen-bond acceptors (Lipinski definition) is 1. The molecule has 0 aliphatic carbocycles. The molecule has 0 aromatic heterocycles. The molecule has 1 nitrogen and oxygen atoms in total. The molecule has 0 unspecified atom stereocenters. The van der Waals surface area contributed by atoms with Gasteiger partial charge in [0.15, 0.2) is 0 Å². The number of halogens is 1. The van der Waals surface area contributed by atoms with Gasteiger partial charge in [0.25, 0.3) is 0 Å². The highest BCUT2D eigenvalue weighted by molar-refractivity contribution is 6.63. The Labute approximate surface area is 77.4 Å². The van der Waals surface area contributed by atoms with Crippen molar-refractivity contribution < 1.29 is 4.79 Å². The van der Waals surface area contributed by atoms with Crippen LogP contribution in [0.5, 0.6) is 0 Å². The average Bonchev–Trinajstić information content (AvgIpc) is 2.05. The summed E-state index contributed by atoms with van der Waals surface area (Å²) in [5, 5.41) is -0.306. The molecule has 1 aromatic rings. The van der Waals surface area contributed by atoms with Gasteiger partial charge in [-0.25, -0.2) is 0 Å². The fourth-order valence-corrected chi connectivity index (χ4v) is 1.21. The number of aryl methyl sites for hydroxylation is 1. The second-order valence-electron chi connectivity index (χ2n) is 2.70. The first-order valence-electron chi connectivity index (χ1n) is 3.98. The van der Waals surface area contributed by atoms with E-state index in [0.717, 1.165) is 12.0 Å². The monoisotopic (exact) mass is 182 g/mol. The number of carbonyl (C=O) groups is 1. The van der Waals surface area contributed by atoms with Crippen LogP contribution in [0, 0.1) is 0 Å². The SMILES string of the molecule is CCc1ccc(CC(=O)Cl)cc1. The van der Waals surface area contributed by atoms with Crippen molar-refractivity contribution in [3.05, 3.63) is 35.4 Å². The number of hydrogen-bond donors (Lipinski definition) is 0. The molecule has 1 aromatic carbocycles. The third kappa shape index (κ3) is 2.67. The summed E-state index contributed by atoms with van der Waals surface area (Å²) < 4.78 is 0. The Bertz CT molecular complexity index is 264. The van der Waals surface area contributed by atoms with Gasteiger partial charge in [0.2, 0.25) is 5.24 Å². The van der Waals surface area contributed by atoms with Crippen molar-refractivity contribution in [2.24, 2.45) is 0 Å². The van der Waals surface area contributed by atoms with Gasteiger partial charge in [0.1, 0.15) is 0 Å². The fourth-order valence-electron chi connectivity index (χ4n) is 1.05. The lowest BCUT2D eigenvalue weighted by Gasteiger charge is -1.98. The van der Waals surface area contributed by atoms with E-state index < -0.39 is 0 Å². The molecule has 0 heterocycles. The largest absolute Gasteiger partial charge is 0.281 e. The minimum Gasteiger partial charge on any atom is -0.281 e. The molecule has 0 radical (unpaired) electrons. The summed E-state index contributed by atoms with van der Waals surface area (Å²) in [5.41, 5.74) is 2.26. The smallest absolute Gasteiger partial charge is 0.226 e. The van der Waals surface area contributed by atoms with Gasteiger partial charge in [-0.3, -0.25) is 4.79 Å². The lowest BCUT2D eigenvalue weighted by molar-refractivity contribution is -0.111. The molecule has 2 heteroatoms. The minimum atomic E-state index is -0.306. The summed E-state index contributed by atoms with van der Waals surface area (Å²) in [5.74, 6) is 0. The second kappa shape index (κ2) is 4.27. The Balaban J connectivity index is 2.71. The van der Waals surface area contributed by atoms with Crippen LogP contribution in [0.1, 0.15) is 18.1 Å². The van der Waals surface area contributed by atoms with Crippen LogP contribution in [0.25, 0.3) is 0 Å². The third-order valence-corrected chi connectivity index (χ3v) is 1.91. The van der Waals surface area contributed by atoms with E-state index in [-0.39, 0.29) is 5.24 Å². The zero-order valence-electron chi connectivity index (χ0n) is 7.01. The Morgan fingerprint density at radius 2 is 1.75 bits per heavy atom. The minimum absolute atomic E-state index is 0.306. The standard InChI is InChI=1S/C10H11ClO/c1-2-8-3-5-9(6-4-8)7-10(11)12/h3-6H,2,7H2,1H3. The van der Waals surface area contributed by atoms with Gasteiger partial charge in [-0.1, -0.05) is 31.2 Å². The van der Waals surface area contributed by atoms with Gasteiger partial charge in [0.05, 0.1) is 0 Å². The van der Waals surface area contributed by atoms with Crippen LogP contribution in [-0.2, 0) is 17.6 Å². The van der Waals surface area contributed by atoms with Crippen LogP contribution < -0.4 is 0 Å². The molecule has 64 valence electrons. The van der Waals surface area contributed by atoms with Crippen molar-refractivity contribution in [1.82, 2.24) is 0 Å². The molecular weight excluding hydrogens is 172 g/mol. The summed E-state index contributed by atoms with van der Waals surface area (Å²) in [6, 6.07) is 7.93. The highest BCUT2D eigenvalue weighted by Crippen LogP contribution is 2.06. The van der Waals surface area contributed by atoms with E-state index in [1.54, 1.807) is 0 Å². The maximum atomic E-state index is 10.5. The molecule has 12 heavy (non-hydrogen) atoms. The van der Waals surface area contributed by atoms with Gasteiger partial charge in [-0.05, 0) is 29.1 Å². The Morgan fingerprint density at radius 3 is 2.17 bits per heavy atom. The van der Waals surface area contributed by atoms with E-state index in [4.69, 9.17) is 11.6 Å². The van der Waals surface area contributed by atoms with Crippen LogP contribution >= 0.6 is 11.6 Å². The predicted octanol–water partition coefficient (Wildman–Crippen LogP) is 2.56. The zero-order valence-corrected chi connectivity index (χ0v) is 7.77. The van der Waals surface area contributed by atoms with E-state index >= 15 is 0 Å². The molecule has 0 saturated carbocycles. The summed E-state index contributed by atoms with van der Waals surface area (Å²) in [4.78, 5) is 10.5. The molecule has 0 aliphatic rings. The van der Waals surface area contributed by atoms with Gasteiger partial charge >= 0.3 is 0 Å². The molecule has 0 fully saturated rings. The quantitative estimate of drug-likeness (QED) is 0.657. The highest BCUT2D eigenvalue weighted by atomic mass is 35.5. The summed E-state index contributed by atoms with van der Waals surface area (Å²) >= 11 is 5.25. The fraction of sp³-hybridized carbons (Fsp3) is 0.300. The molecule has 0 bridgehead atoms. The van der Waals surface area contributed by atoms with Crippen molar-refractivity contribution in [2.45, 2.75) is 19.8 Å². The third-order valence-electron chi connectivity index (χ3n) is 1.77. The molecule has 0 saturated heterocycles. The Hall–Kier alpha value is -0.820. The zero-order chi connectivity index (χ0) is 8.97. The summed E-state index contributed by atoms with van der Waals surface area (Å²) in [7, 11) is 0. The number of carbonyl (C=O) groups excluding carboxylic acids is 1. The maximum absolute atomic E-state index is 10.5. The van der Waals surface area contributed by atoms with Crippen LogP contribution in [0.3, 0.4) is 0 Å². The lowest BCUT2D eigenvalue weighted by atomic mass is 10.1. The molecule has 0 spiro atoms. The van der Waals surface area contributed by atoms with Crippen molar-refractivity contribution in [3.8, 4) is 0 Å². The highest BCUT2D eigenvalue weighted by Gasteiger charge is 1.98. The van der Waals surface area contributed by atoms with Gasteiger partial charge in [-0.2, -0.15) is 0 Å². The molecule has 0 N–H and O–H groups in total. The van der Waals surface area contributed by atoms with Crippen molar-refractivity contribution >= 4 is 16.8 Å². The van der Waals surface area contributed by atoms with Crippen LogP contribution in [0.15, 0.2) is 24.3 Å². The number of rotatable bonds is 3. The maximum Gasteiger partial charge on any atom is 0.226 e. The molecule has 0 amide bonds. The van der Waals surface area contributed by atoms with E-state index in [2.05, 4.69) is 6.92 Å². The molecule has 0 aliphatic heterocycles. The predicted molar refractivity (Wildman–Crippen MR) is 50.4 cm³/mol. The van der Waals surface area contributed by atoms with E-state index in [1.165, 1.54) is 5.56 Å². The van der Waals surface area contributed by atoms with Crippen LogP contribution in [0.4, 0.5) is 0 Å². The summed E-state index contributed by atoms with van der Waals surface area (Å²) in [6.45, 7) is 2.10. The van der Waals surface area contributed by atoms with E-state index in [0.29, 0.717) is 6.42 Å². The van der Waals surface area contributed by atoms with Crippen molar-refractivity contribution in [3.63, 3.8) is 0 Å². The van der Waals surface area contributed by atoms with Crippen molar-refractivity contribution in [2.75, 3.05) is 0 Å². The van der Waals surface area contributed by atoms with Crippen LogP contribution in [-0.4, -0.2) is 5.24 Å². The van der Waals surface area contributed by atoms with Gasteiger partial charge < -0.3 is 0 Å². The first kappa shape index (κ1) is 9.27. The first-order chi connectivity index (χ1) is 5.72. The van der Waals surface area contributed by atoms with Gasteiger partial charge in [0, 0.05) is 6.42 Å². The topological polar surface area (TPSA) is 17.1 Å². The van der Waals surface area contributed by atoms with E-state index in [1.807, 2.05) is 24.3 Å². The number of benzene rings is 1. The summed E-state index contributed by atoms with van der Waals surface area (Å²) in [6.07, 6.45) is 1.35. The van der Waals surface area contributed by atoms with Crippen molar-refractivity contribution in [1.29, 1.82) is 0 Å². The van der Waals surface area contributed by atoms with Crippen LogP contribution in [0.2, 0.25) is 0 Å². The molecule has 0 atom stereocenters. The van der Waals surface area contributed by atoms with Gasteiger partial charge in [-0.15, -0.1) is 0 Å².